The normalized spacial score (nSPS) is 15.2. The van der Waals surface area contributed by atoms with Gasteiger partial charge in [-0.15, -0.1) is 5.10 Å². The number of carbonyl (C=O) groups is 1. The van der Waals surface area contributed by atoms with Gasteiger partial charge in [0.25, 0.3) is 5.91 Å². The lowest BCUT2D eigenvalue weighted by Gasteiger charge is -2.14. The number of hydrogen-bond acceptors (Lipinski definition) is 4. The van der Waals surface area contributed by atoms with E-state index >= 15 is 0 Å². The number of anilines is 1. The summed E-state index contributed by atoms with van der Waals surface area (Å²) in [6.07, 6.45) is -1.68. The van der Waals surface area contributed by atoms with E-state index in [1.807, 2.05) is 0 Å². The summed E-state index contributed by atoms with van der Waals surface area (Å²) in [6.45, 7) is 1.72. The minimum Gasteiger partial charge on any atom is -0.291 e. The molecule has 1 amide bonds. The third-order valence-electron chi connectivity index (χ3n) is 4.80. The van der Waals surface area contributed by atoms with Crippen molar-refractivity contribution in [2.75, 3.05) is 5.32 Å². The van der Waals surface area contributed by atoms with Crippen molar-refractivity contribution in [2.45, 2.75) is 44.4 Å². The van der Waals surface area contributed by atoms with E-state index in [4.69, 9.17) is 0 Å². The third-order valence-corrected chi connectivity index (χ3v) is 4.80. The molecule has 0 spiro atoms. The summed E-state index contributed by atoms with van der Waals surface area (Å²) in [4.78, 5) is 16.6. The van der Waals surface area contributed by atoms with Crippen LogP contribution in [0.4, 0.5) is 23.5 Å². The number of aromatic nitrogens is 5. The van der Waals surface area contributed by atoms with Crippen LogP contribution in [0.2, 0.25) is 0 Å². The Labute approximate surface area is 168 Å². The number of benzene rings is 1. The Morgan fingerprint density at radius 3 is 2.70 bits per heavy atom. The number of hydrogen-bond donors (Lipinski definition) is 1. The second-order valence-corrected chi connectivity index (χ2v) is 7.23. The molecule has 3 aromatic rings. The van der Waals surface area contributed by atoms with Crippen molar-refractivity contribution in [1.82, 2.24) is 24.5 Å². The van der Waals surface area contributed by atoms with Gasteiger partial charge in [0.2, 0.25) is 5.95 Å². The first-order chi connectivity index (χ1) is 14.2. The van der Waals surface area contributed by atoms with Crippen molar-refractivity contribution in [1.29, 1.82) is 0 Å². The lowest BCUT2D eigenvalue weighted by Crippen LogP contribution is -2.26. The standard InChI is InChI=1S/C19H18F4N6O/c1-11(29-15(13-5-6-13)8-16(26-29)19(21,22)23)17(30)25-18-24-10-28(27-18)9-12-3-2-4-14(20)7-12/h2-4,7-8,10-11,13H,5-6,9H2,1H3,(H,25,27,30). The van der Waals surface area contributed by atoms with Crippen LogP contribution in [0.5, 0.6) is 0 Å². The van der Waals surface area contributed by atoms with Crippen molar-refractivity contribution in [3.8, 4) is 0 Å². The first-order valence-corrected chi connectivity index (χ1v) is 9.32. The molecule has 158 valence electrons. The fourth-order valence-electron chi connectivity index (χ4n) is 3.12. The molecule has 2 heterocycles. The van der Waals surface area contributed by atoms with Crippen LogP contribution in [-0.4, -0.2) is 30.5 Å². The highest BCUT2D eigenvalue weighted by Crippen LogP contribution is 2.43. The van der Waals surface area contributed by atoms with Crippen LogP contribution in [-0.2, 0) is 17.5 Å². The molecule has 11 heteroatoms. The van der Waals surface area contributed by atoms with E-state index in [0.29, 0.717) is 11.3 Å². The van der Waals surface area contributed by atoms with Gasteiger partial charge < -0.3 is 0 Å². The summed E-state index contributed by atoms with van der Waals surface area (Å²) in [7, 11) is 0. The third kappa shape index (κ3) is 4.34. The van der Waals surface area contributed by atoms with Gasteiger partial charge >= 0.3 is 6.18 Å². The van der Waals surface area contributed by atoms with Gasteiger partial charge in [0.1, 0.15) is 18.2 Å². The average molecular weight is 422 g/mol. The quantitative estimate of drug-likeness (QED) is 0.614. The van der Waals surface area contributed by atoms with Crippen LogP contribution in [0.1, 0.15) is 48.7 Å². The molecule has 0 radical (unpaired) electrons. The zero-order valence-electron chi connectivity index (χ0n) is 15.9. The fourth-order valence-corrected chi connectivity index (χ4v) is 3.12. The van der Waals surface area contributed by atoms with E-state index in [1.165, 1.54) is 30.1 Å². The maximum Gasteiger partial charge on any atom is 0.435 e. The minimum atomic E-state index is -4.58. The van der Waals surface area contributed by atoms with Crippen molar-refractivity contribution in [3.05, 3.63) is 59.4 Å². The highest BCUT2D eigenvalue weighted by atomic mass is 19.4. The summed E-state index contributed by atoms with van der Waals surface area (Å²) in [5, 5.41) is 10.2. The molecular formula is C19H18F4N6O. The van der Waals surface area contributed by atoms with Crippen molar-refractivity contribution < 1.29 is 22.4 Å². The van der Waals surface area contributed by atoms with Crippen LogP contribution >= 0.6 is 0 Å². The van der Waals surface area contributed by atoms with Gasteiger partial charge in [-0.25, -0.2) is 14.1 Å². The predicted octanol–water partition coefficient (Wildman–Crippen LogP) is 3.76. The number of nitrogens with zero attached hydrogens (tertiary/aromatic N) is 5. The molecule has 1 N–H and O–H groups in total. The molecular weight excluding hydrogens is 404 g/mol. The number of halogens is 4. The predicted molar refractivity (Wildman–Crippen MR) is 98.1 cm³/mol. The lowest BCUT2D eigenvalue weighted by molar-refractivity contribution is -0.141. The molecule has 0 bridgehead atoms. The van der Waals surface area contributed by atoms with E-state index in [9.17, 15) is 22.4 Å². The second kappa shape index (κ2) is 7.54. The molecule has 2 aromatic heterocycles. The van der Waals surface area contributed by atoms with Gasteiger partial charge in [-0.3, -0.25) is 14.8 Å². The number of rotatable bonds is 6. The maximum atomic E-state index is 13.3. The topological polar surface area (TPSA) is 77.6 Å². The first kappa shape index (κ1) is 20.0. The molecule has 1 unspecified atom stereocenters. The Kier molecular flexibility index (Phi) is 5.04. The number of alkyl halides is 3. The number of nitrogens with one attached hydrogen (secondary N) is 1. The van der Waals surface area contributed by atoms with Gasteiger partial charge in [0.05, 0.1) is 6.54 Å². The summed E-state index contributed by atoms with van der Waals surface area (Å²) < 4.78 is 55.0. The monoisotopic (exact) mass is 422 g/mol. The molecule has 4 rings (SSSR count). The first-order valence-electron chi connectivity index (χ1n) is 9.32. The van der Waals surface area contributed by atoms with E-state index in [1.54, 1.807) is 12.1 Å². The Morgan fingerprint density at radius 1 is 1.27 bits per heavy atom. The highest BCUT2D eigenvalue weighted by Gasteiger charge is 2.39. The molecule has 0 saturated heterocycles. The molecule has 1 saturated carbocycles. The summed E-state index contributed by atoms with van der Waals surface area (Å²) in [5.41, 5.74) is 0.0487. The largest absolute Gasteiger partial charge is 0.435 e. The van der Waals surface area contributed by atoms with E-state index in [2.05, 4.69) is 20.5 Å². The fraction of sp³-hybridized carbons (Fsp3) is 0.368. The number of carbonyl (C=O) groups excluding carboxylic acids is 1. The molecule has 7 nitrogen and oxygen atoms in total. The van der Waals surface area contributed by atoms with E-state index < -0.39 is 23.8 Å². The van der Waals surface area contributed by atoms with Crippen molar-refractivity contribution >= 4 is 11.9 Å². The van der Waals surface area contributed by atoms with Crippen LogP contribution in [0.25, 0.3) is 0 Å². The molecule has 1 atom stereocenters. The van der Waals surface area contributed by atoms with Crippen LogP contribution in [0, 0.1) is 5.82 Å². The molecule has 1 aliphatic carbocycles. The van der Waals surface area contributed by atoms with Gasteiger partial charge in [0, 0.05) is 11.6 Å². The SMILES string of the molecule is CC(C(=O)Nc1ncn(Cc2cccc(F)c2)n1)n1nc(C(F)(F)F)cc1C1CC1. The van der Waals surface area contributed by atoms with Crippen molar-refractivity contribution in [3.63, 3.8) is 0 Å². The highest BCUT2D eigenvalue weighted by molar-refractivity contribution is 5.91. The Balaban J connectivity index is 1.47. The molecule has 1 aromatic carbocycles. The Hall–Kier alpha value is -3.24. The summed E-state index contributed by atoms with van der Waals surface area (Å²) in [6, 6.07) is 6.01. The Bertz CT molecular complexity index is 1070. The van der Waals surface area contributed by atoms with Crippen LogP contribution < -0.4 is 5.32 Å². The Morgan fingerprint density at radius 2 is 2.03 bits per heavy atom. The van der Waals surface area contributed by atoms with Gasteiger partial charge in [-0.1, -0.05) is 12.1 Å². The van der Waals surface area contributed by atoms with E-state index in [0.717, 1.165) is 23.6 Å². The van der Waals surface area contributed by atoms with Crippen LogP contribution in [0.3, 0.4) is 0 Å². The zero-order valence-corrected chi connectivity index (χ0v) is 15.9. The molecule has 1 fully saturated rings. The maximum absolute atomic E-state index is 13.3. The summed E-state index contributed by atoms with van der Waals surface area (Å²) >= 11 is 0. The summed E-state index contributed by atoms with van der Waals surface area (Å²) in [5.74, 6) is -0.983. The van der Waals surface area contributed by atoms with Crippen molar-refractivity contribution in [2.24, 2.45) is 0 Å². The molecule has 1 aliphatic rings. The van der Waals surface area contributed by atoms with Gasteiger partial charge in [0.15, 0.2) is 5.69 Å². The van der Waals surface area contributed by atoms with Gasteiger partial charge in [-0.2, -0.15) is 18.3 Å². The van der Waals surface area contributed by atoms with E-state index in [-0.39, 0.29) is 24.2 Å². The van der Waals surface area contributed by atoms with Crippen LogP contribution in [0.15, 0.2) is 36.7 Å². The lowest BCUT2D eigenvalue weighted by atomic mass is 10.2. The second-order valence-electron chi connectivity index (χ2n) is 7.23. The molecule has 0 aliphatic heterocycles. The molecule has 30 heavy (non-hydrogen) atoms. The minimum absolute atomic E-state index is 0.000532. The smallest absolute Gasteiger partial charge is 0.291 e. The number of amides is 1. The average Bonchev–Trinajstić information content (AvgIpc) is 3.26. The zero-order chi connectivity index (χ0) is 21.5. The van der Waals surface area contributed by atoms with Gasteiger partial charge in [-0.05, 0) is 43.5 Å².